The average Bonchev–Trinajstić information content (AvgIpc) is 2.31. The van der Waals surface area contributed by atoms with Crippen LogP contribution in [0, 0.1) is 5.41 Å². The summed E-state index contributed by atoms with van der Waals surface area (Å²) in [5.41, 5.74) is 3.42. The first kappa shape index (κ1) is 7.85. The molecule has 2 aliphatic rings. The van der Waals surface area contributed by atoms with E-state index in [9.17, 15) is 0 Å². The molecule has 0 nitrogen and oxygen atoms in total. The molecule has 0 unspecified atom stereocenters. The van der Waals surface area contributed by atoms with Crippen molar-refractivity contribution >= 4 is 0 Å². The maximum atomic E-state index is 2.43. The molecule has 0 aliphatic heterocycles. The van der Waals surface area contributed by atoms with Crippen LogP contribution in [0.5, 0.6) is 0 Å². The van der Waals surface area contributed by atoms with Gasteiger partial charge in [0.25, 0.3) is 0 Å². The number of allylic oxidation sites excluding steroid dienone is 6. The van der Waals surface area contributed by atoms with Crippen LogP contribution in [0.4, 0.5) is 0 Å². The summed E-state index contributed by atoms with van der Waals surface area (Å²) in [6, 6.07) is 0. The summed E-state index contributed by atoms with van der Waals surface area (Å²) < 4.78 is 0. The Morgan fingerprint density at radius 3 is 2.75 bits per heavy atom. The van der Waals surface area contributed by atoms with E-state index in [0.29, 0.717) is 0 Å². The van der Waals surface area contributed by atoms with Crippen LogP contribution in [0.1, 0.15) is 33.1 Å². The van der Waals surface area contributed by atoms with Gasteiger partial charge >= 0.3 is 0 Å². The lowest BCUT2D eigenvalue weighted by atomic mass is 9.90. The van der Waals surface area contributed by atoms with Crippen LogP contribution in [0.25, 0.3) is 0 Å². The van der Waals surface area contributed by atoms with E-state index >= 15 is 0 Å². The quantitative estimate of drug-likeness (QED) is 0.507. The predicted octanol–water partition coefficient (Wildman–Crippen LogP) is 3.62. The molecule has 0 radical (unpaired) electrons. The highest BCUT2D eigenvalue weighted by Crippen LogP contribution is 2.36. The molecule has 0 heterocycles. The van der Waals surface area contributed by atoms with Crippen LogP contribution >= 0.6 is 0 Å². The molecule has 0 aromatic rings. The number of rotatable bonds is 0. The van der Waals surface area contributed by atoms with Gasteiger partial charge < -0.3 is 0 Å². The summed E-state index contributed by atoms with van der Waals surface area (Å²) >= 11 is 0. The van der Waals surface area contributed by atoms with Gasteiger partial charge in [0.15, 0.2) is 0 Å². The Balaban J connectivity index is 2.40. The minimum atomic E-state index is 0.262. The monoisotopic (exact) mass is 160 g/mol. The lowest BCUT2D eigenvalue weighted by Gasteiger charge is -2.14. The lowest BCUT2D eigenvalue weighted by Crippen LogP contribution is -2.02. The van der Waals surface area contributed by atoms with Crippen LogP contribution in [0.15, 0.2) is 35.5 Å². The number of fused-ring (bicyclic) bond motifs is 1. The van der Waals surface area contributed by atoms with Gasteiger partial charge in [-0.05, 0) is 30.4 Å². The number of hydrogen-bond acceptors (Lipinski definition) is 0. The molecule has 0 saturated heterocycles. The third-order valence-corrected chi connectivity index (χ3v) is 2.67. The summed E-state index contributed by atoms with van der Waals surface area (Å²) in [6.07, 6.45) is 13.1. The first-order valence-corrected chi connectivity index (χ1v) is 4.78. The molecule has 2 aliphatic carbocycles. The van der Waals surface area contributed by atoms with E-state index in [-0.39, 0.29) is 5.41 Å². The van der Waals surface area contributed by atoms with Crippen molar-refractivity contribution in [2.75, 3.05) is 0 Å². The van der Waals surface area contributed by atoms with Gasteiger partial charge in [0.1, 0.15) is 0 Å². The van der Waals surface area contributed by atoms with Crippen molar-refractivity contribution in [1.82, 2.24) is 0 Å². The molecule has 0 bridgehead atoms. The van der Waals surface area contributed by atoms with Gasteiger partial charge in [-0.2, -0.15) is 0 Å². The summed E-state index contributed by atoms with van der Waals surface area (Å²) in [5.74, 6) is 0. The fourth-order valence-electron chi connectivity index (χ4n) is 2.06. The summed E-state index contributed by atoms with van der Waals surface area (Å²) in [7, 11) is 0. The van der Waals surface area contributed by atoms with E-state index in [1.165, 1.54) is 19.3 Å². The first-order valence-electron chi connectivity index (χ1n) is 4.78. The number of hydrogen-bond donors (Lipinski definition) is 0. The van der Waals surface area contributed by atoms with E-state index in [0.717, 1.165) is 0 Å². The van der Waals surface area contributed by atoms with Gasteiger partial charge in [0, 0.05) is 5.41 Å². The second kappa shape index (κ2) is 2.62. The Morgan fingerprint density at radius 1 is 1.17 bits per heavy atom. The highest BCUT2D eigenvalue weighted by atomic mass is 14.2. The van der Waals surface area contributed by atoms with Crippen LogP contribution in [0.3, 0.4) is 0 Å². The van der Waals surface area contributed by atoms with Crippen molar-refractivity contribution in [1.29, 1.82) is 0 Å². The van der Waals surface area contributed by atoms with Crippen LogP contribution in [-0.2, 0) is 0 Å². The van der Waals surface area contributed by atoms with E-state index in [1.54, 1.807) is 11.1 Å². The summed E-state index contributed by atoms with van der Waals surface area (Å²) in [5, 5.41) is 0. The van der Waals surface area contributed by atoms with Crippen LogP contribution < -0.4 is 0 Å². The van der Waals surface area contributed by atoms with Gasteiger partial charge in [-0.25, -0.2) is 0 Å². The van der Waals surface area contributed by atoms with Gasteiger partial charge in [0.2, 0.25) is 0 Å². The molecule has 0 atom stereocenters. The third kappa shape index (κ3) is 1.38. The minimum Gasteiger partial charge on any atom is -0.0751 e. The summed E-state index contributed by atoms with van der Waals surface area (Å²) in [4.78, 5) is 0. The maximum Gasteiger partial charge on any atom is 0.00134 e. The van der Waals surface area contributed by atoms with Gasteiger partial charge in [0.05, 0.1) is 0 Å². The normalized spacial score (nSPS) is 25.8. The van der Waals surface area contributed by atoms with E-state index in [2.05, 4.69) is 38.2 Å². The second-order valence-corrected chi connectivity index (χ2v) is 4.40. The molecule has 64 valence electrons. The van der Waals surface area contributed by atoms with Gasteiger partial charge in [-0.1, -0.05) is 38.2 Å². The standard InChI is InChI=1S/C12H16/c1-12(2)8-4-7-10-5-3-6-11(10)9-12/h4,7-9H,3,5-6H2,1-2H3. The Kier molecular flexibility index (Phi) is 1.71. The fraction of sp³-hybridized carbons (Fsp3) is 0.500. The second-order valence-electron chi connectivity index (χ2n) is 4.40. The molecule has 0 spiro atoms. The molecular weight excluding hydrogens is 144 g/mol. The van der Waals surface area contributed by atoms with Crippen LogP contribution in [-0.4, -0.2) is 0 Å². The Labute approximate surface area is 74.7 Å². The van der Waals surface area contributed by atoms with Crippen molar-refractivity contribution in [3.8, 4) is 0 Å². The molecule has 1 fully saturated rings. The topological polar surface area (TPSA) is 0 Å². The van der Waals surface area contributed by atoms with Gasteiger partial charge in [-0.15, -0.1) is 0 Å². The zero-order valence-corrected chi connectivity index (χ0v) is 7.93. The first-order chi connectivity index (χ1) is 5.67. The average molecular weight is 160 g/mol. The molecule has 0 heteroatoms. The molecule has 0 amide bonds. The lowest BCUT2D eigenvalue weighted by molar-refractivity contribution is 0.621. The van der Waals surface area contributed by atoms with Crippen molar-refractivity contribution in [3.05, 3.63) is 35.5 Å². The Hall–Kier alpha value is -0.780. The molecule has 0 aromatic heterocycles. The van der Waals surface area contributed by atoms with Crippen molar-refractivity contribution in [2.24, 2.45) is 5.41 Å². The largest absolute Gasteiger partial charge is 0.0751 e. The van der Waals surface area contributed by atoms with Crippen LogP contribution in [0.2, 0.25) is 0 Å². The summed E-state index contributed by atoms with van der Waals surface area (Å²) in [6.45, 7) is 4.54. The van der Waals surface area contributed by atoms with Crippen molar-refractivity contribution in [3.63, 3.8) is 0 Å². The Morgan fingerprint density at radius 2 is 1.92 bits per heavy atom. The molecule has 12 heavy (non-hydrogen) atoms. The molecule has 1 saturated carbocycles. The third-order valence-electron chi connectivity index (χ3n) is 2.67. The predicted molar refractivity (Wildman–Crippen MR) is 52.9 cm³/mol. The maximum absolute atomic E-state index is 2.43. The highest BCUT2D eigenvalue weighted by molar-refractivity contribution is 5.41. The van der Waals surface area contributed by atoms with Crippen molar-refractivity contribution in [2.45, 2.75) is 33.1 Å². The molecular formula is C12H16. The van der Waals surface area contributed by atoms with E-state index in [1.807, 2.05) is 0 Å². The molecule has 2 rings (SSSR count). The molecule has 0 N–H and O–H groups in total. The smallest absolute Gasteiger partial charge is 0.00134 e. The SMILES string of the molecule is CC1(C)C=CC=C2CCCC2=C1. The van der Waals surface area contributed by atoms with E-state index in [4.69, 9.17) is 0 Å². The molecule has 0 aromatic carbocycles. The van der Waals surface area contributed by atoms with Gasteiger partial charge in [-0.3, -0.25) is 0 Å². The van der Waals surface area contributed by atoms with Crippen molar-refractivity contribution < 1.29 is 0 Å². The zero-order valence-electron chi connectivity index (χ0n) is 7.93. The minimum absolute atomic E-state index is 0.262. The van der Waals surface area contributed by atoms with E-state index < -0.39 is 0 Å². The highest BCUT2D eigenvalue weighted by Gasteiger charge is 2.19. The Bertz CT molecular complexity index is 274. The fourth-order valence-corrected chi connectivity index (χ4v) is 2.06. The zero-order chi connectivity index (χ0) is 8.60.